The van der Waals surface area contributed by atoms with Crippen LogP contribution in [0.5, 0.6) is 0 Å². The van der Waals surface area contributed by atoms with Crippen LogP contribution in [0.4, 0.5) is 0 Å². The molecule has 0 bridgehead atoms. The number of ether oxygens (including phenoxy) is 1. The topological polar surface area (TPSA) is 66.8 Å². The number of hydroxylamine groups is 2. The molecule has 0 aliphatic rings. The van der Waals surface area contributed by atoms with Crippen LogP contribution in [0.25, 0.3) is 0 Å². The summed E-state index contributed by atoms with van der Waals surface area (Å²) in [5.74, 6) is -1.25. The summed E-state index contributed by atoms with van der Waals surface area (Å²) in [7, 11) is 1.22. The van der Waals surface area contributed by atoms with E-state index in [1.165, 1.54) is 14.0 Å². The third-order valence-corrected chi connectivity index (χ3v) is 2.36. The van der Waals surface area contributed by atoms with Gasteiger partial charge in [-0.25, -0.2) is 9.86 Å². The molecule has 0 aliphatic carbocycles. The number of benzene rings is 1. The average Bonchev–Trinajstić information content (AvgIpc) is 2.35. The number of hydrogen-bond donors (Lipinski definition) is 1. The monoisotopic (exact) mass is 237 g/mol. The van der Waals surface area contributed by atoms with Gasteiger partial charge in [-0.15, -0.1) is 0 Å². The molecule has 1 rings (SSSR count). The van der Waals surface area contributed by atoms with Gasteiger partial charge in [0.1, 0.15) is 0 Å². The van der Waals surface area contributed by atoms with E-state index < -0.39 is 17.9 Å². The van der Waals surface area contributed by atoms with Crippen molar-refractivity contribution in [2.24, 2.45) is 0 Å². The van der Waals surface area contributed by atoms with E-state index in [-0.39, 0.29) is 6.42 Å². The minimum Gasteiger partial charge on any atom is -0.467 e. The minimum absolute atomic E-state index is 0.212. The van der Waals surface area contributed by atoms with Crippen LogP contribution >= 0.6 is 0 Å². The van der Waals surface area contributed by atoms with Crippen molar-refractivity contribution in [3.8, 4) is 0 Å². The third-order valence-electron chi connectivity index (χ3n) is 2.36. The van der Waals surface area contributed by atoms with Crippen molar-refractivity contribution in [2.45, 2.75) is 19.4 Å². The molecule has 0 fully saturated rings. The second-order valence-electron chi connectivity index (χ2n) is 3.59. The van der Waals surface area contributed by atoms with Gasteiger partial charge in [0.05, 0.1) is 7.11 Å². The second kappa shape index (κ2) is 6.00. The largest absolute Gasteiger partial charge is 0.467 e. The molecule has 5 heteroatoms. The van der Waals surface area contributed by atoms with Crippen LogP contribution in [0.1, 0.15) is 12.5 Å². The Labute approximate surface area is 99.6 Å². The summed E-state index contributed by atoms with van der Waals surface area (Å²) in [6.07, 6.45) is 0.212. The quantitative estimate of drug-likeness (QED) is 0.482. The predicted molar refractivity (Wildman–Crippen MR) is 60.3 cm³/mol. The Hall–Kier alpha value is -1.88. The van der Waals surface area contributed by atoms with Gasteiger partial charge in [-0.05, 0) is 5.56 Å². The number of amides is 1. The summed E-state index contributed by atoms with van der Waals surface area (Å²) in [5, 5.41) is 9.93. The number of hydrogen-bond acceptors (Lipinski definition) is 4. The van der Waals surface area contributed by atoms with Crippen molar-refractivity contribution in [3.63, 3.8) is 0 Å². The van der Waals surface area contributed by atoms with E-state index in [0.29, 0.717) is 5.06 Å². The summed E-state index contributed by atoms with van der Waals surface area (Å²) >= 11 is 0. The van der Waals surface area contributed by atoms with Crippen molar-refractivity contribution in [3.05, 3.63) is 35.9 Å². The van der Waals surface area contributed by atoms with Gasteiger partial charge in [-0.1, -0.05) is 30.3 Å². The molecule has 0 aromatic heterocycles. The van der Waals surface area contributed by atoms with E-state index in [1.807, 2.05) is 30.3 Å². The van der Waals surface area contributed by atoms with Gasteiger partial charge in [-0.3, -0.25) is 10.0 Å². The highest BCUT2D eigenvalue weighted by Gasteiger charge is 2.28. The lowest BCUT2D eigenvalue weighted by atomic mass is 10.1. The molecular weight excluding hydrogens is 222 g/mol. The summed E-state index contributed by atoms with van der Waals surface area (Å²) in [6.45, 7) is 1.18. The highest BCUT2D eigenvalue weighted by Crippen LogP contribution is 2.09. The van der Waals surface area contributed by atoms with E-state index >= 15 is 0 Å². The molecule has 0 saturated carbocycles. The van der Waals surface area contributed by atoms with E-state index in [0.717, 1.165) is 5.56 Å². The van der Waals surface area contributed by atoms with Crippen LogP contribution < -0.4 is 0 Å². The third kappa shape index (κ3) is 3.57. The summed E-state index contributed by atoms with van der Waals surface area (Å²) in [5.41, 5.74) is 0.836. The lowest BCUT2D eigenvalue weighted by Crippen LogP contribution is -2.43. The maximum Gasteiger partial charge on any atom is 0.331 e. The van der Waals surface area contributed by atoms with E-state index in [9.17, 15) is 14.8 Å². The zero-order valence-corrected chi connectivity index (χ0v) is 9.79. The van der Waals surface area contributed by atoms with Gasteiger partial charge in [0.2, 0.25) is 5.91 Å². The second-order valence-corrected chi connectivity index (χ2v) is 3.59. The molecule has 17 heavy (non-hydrogen) atoms. The minimum atomic E-state index is -1.01. The SMILES string of the molecule is COC(=O)C(Cc1ccccc1)N(O)C(C)=O. The summed E-state index contributed by atoms with van der Waals surface area (Å²) < 4.78 is 4.56. The maximum absolute atomic E-state index is 11.5. The van der Waals surface area contributed by atoms with Crippen molar-refractivity contribution in [1.82, 2.24) is 5.06 Å². The molecule has 0 spiro atoms. The fourth-order valence-corrected chi connectivity index (χ4v) is 1.46. The summed E-state index contributed by atoms with van der Waals surface area (Å²) in [6, 6.07) is 8.09. The highest BCUT2D eigenvalue weighted by atomic mass is 16.5. The van der Waals surface area contributed by atoms with Crippen LogP contribution in [0.3, 0.4) is 0 Å². The molecule has 1 N–H and O–H groups in total. The first kappa shape index (κ1) is 13.2. The van der Waals surface area contributed by atoms with Gasteiger partial charge in [0, 0.05) is 13.3 Å². The smallest absolute Gasteiger partial charge is 0.331 e. The first-order chi connectivity index (χ1) is 8.06. The Morgan fingerprint density at radius 1 is 1.35 bits per heavy atom. The molecule has 0 aliphatic heterocycles. The Bertz CT molecular complexity index is 391. The van der Waals surface area contributed by atoms with Gasteiger partial charge >= 0.3 is 5.97 Å². The van der Waals surface area contributed by atoms with Gasteiger partial charge in [-0.2, -0.15) is 0 Å². The Balaban J connectivity index is 2.85. The summed E-state index contributed by atoms with van der Waals surface area (Å²) in [4.78, 5) is 22.6. The number of esters is 1. The van der Waals surface area contributed by atoms with Crippen LogP contribution in [0.2, 0.25) is 0 Å². The number of methoxy groups -OCH3 is 1. The molecule has 1 aromatic carbocycles. The maximum atomic E-state index is 11.5. The average molecular weight is 237 g/mol. The van der Waals surface area contributed by atoms with Crippen LogP contribution in [-0.2, 0) is 20.7 Å². The number of rotatable bonds is 4. The molecule has 0 saturated heterocycles. The fraction of sp³-hybridized carbons (Fsp3) is 0.333. The molecule has 1 amide bonds. The molecule has 1 atom stereocenters. The predicted octanol–water partition coefficient (Wildman–Crippen LogP) is 1.01. The Kier molecular flexibility index (Phi) is 4.66. The molecule has 0 heterocycles. The van der Waals surface area contributed by atoms with Gasteiger partial charge in [0.15, 0.2) is 6.04 Å². The first-order valence-electron chi connectivity index (χ1n) is 5.16. The normalized spacial score (nSPS) is 11.7. The zero-order chi connectivity index (χ0) is 12.8. The number of carbonyl (C=O) groups is 2. The van der Waals surface area contributed by atoms with Crippen LogP contribution in [-0.4, -0.2) is 35.3 Å². The molecular formula is C12H15NO4. The lowest BCUT2D eigenvalue weighted by Gasteiger charge is -2.22. The lowest BCUT2D eigenvalue weighted by molar-refractivity contribution is -0.185. The van der Waals surface area contributed by atoms with Crippen LogP contribution in [0, 0.1) is 0 Å². The number of nitrogens with zero attached hydrogens (tertiary/aromatic N) is 1. The first-order valence-corrected chi connectivity index (χ1v) is 5.16. The van der Waals surface area contributed by atoms with E-state index in [4.69, 9.17) is 0 Å². The zero-order valence-electron chi connectivity index (χ0n) is 9.79. The van der Waals surface area contributed by atoms with Gasteiger partial charge < -0.3 is 4.74 Å². The van der Waals surface area contributed by atoms with Gasteiger partial charge in [0.25, 0.3) is 0 Å². The van der Waals surface area contributed by atoms with Crippen molar-refractivity contribution >= 4 is 11.9 Å². The molecule has 5 nitrogen and oxygen atoms in total. The van der Waals surface area contributed by atoms with Crippen LogP contribution in [0.15, 0.2) is 30.3 Å². The van der Waals surface area contributed by atoms with E-state index in [1.54, 1.807) is 0 Å². The van der Waals surface area contributed by atoms with Crippen molar-refractivity contribution in [2.75, 3.05) is 7.11 Å². The van der Waals surface area contributed by atoms with E-state index in [2.05, 4.69) is 4.74 Å². The molecule has 1 unspecified atom stereocenters. The Morgan fingerprint density at radius 3 is 2.41 bits per heavy atom. The standard InChI is InChI=1S/C12H15NO4/c1-9(14)13(16)11(12(15)17-2)8-10-6-4-3-5-7-10/h3-7,11,16H,8H2,1-2H3. The highest BCUT2D eigenvalue weighted by molar-refractivity contribution is 5.82. The fourth-order valence-electron chi connectivity index (χ4n) is 1.46. The molecule has 0 radical (unpaired) electrons. The molecule has 1 aromatic rings. The van der Waals surface area contributed by atoms with Crippen molar-refractivity contribution < 1.29 is 19.5 Å². The van der Waals surface area contributed by atoms with Crippen molar-refractivity contribution in [1.29, 1.82) is 0 Å². The number of carbonyl (C=O) groups excluding carboxylic acids is 2. The Morgan fingerprint density at radius 2 is 1.94 bits per heavy atom. The molecule has 92 valence electrons.